The van der Waals surface area contributed by atoms with Crippen molar-refractivity contribution in [3.8, 4) is 0 Å². The summed E-state index contributed by atoms with van der Waals surface area (Å²) in [6, 6.07) is 0. The van der Waals surface area contributed by atoms with E-state index in [2.05, 4.69) is 18.7 Å². The first-order valence-corrected chi connectivity index (χ1v) is 5.69. The molecule has 0 fully saturated rings. The van der Waals surface area contributed by atoms with Crippen LogP contribution in [0.5, 0.6) is 0 Å². The Balaban J connectivity index is 2.18. The van der Waals surface area contributed by atoms with Crippen LogP contribution in [0.4, 0.5) is 0 Å². The molecule has 78 valence electrons. The second-order valence-electron chi connectivity index (χ2n) is 4.80. The Hall–Kier alpha value is -0.790. The zero-order valence-electron chi connectivity index (χ0n) is 9.18. The molecule has 0 saturated heterocycles. The van der Waals surface area contributed by atoms with Gasteiger partial charge in [-0.1, -0.05) is 19.4 Å². The Labute approximate surface area is 86.0 Å². The van der Waals surface area contributed by atoms with Crippen LogP contribution in [0.2, 0.25) is 0 Å². The molecule has 0 aromatic rings. The van der Waals surface area contributed by atoms with E-state index in [-0.39, 0.29) is 0 Å². The summed E-state index contributed by atoms with van der Waals surface area (Å²) in [6.45, 7) is 5.27. The fraction of sp³-hybridized carbons (Fsp3) is 0.750. The van der Waals surface area contributed by atoms with Crippen molar-refractivity contribution in [1.29, 1.82) is 0 Å². The van der Waals surface area contributed by atoms with E-state index in [1.165, 1.54) is 18.5 Å². The summed E-state index contributed by atoms with van der Waals surface area (Å²) < 4.78 is 0. The lowest BCUT2D eigenvalue weighted by Crippen LogP contribution is -2.35. The molecule has 0 aromatic carbocycles. The average molecular weight is 193 g/mol. The van der Waals surface area contributed by atoms with Crippen LogP contribution >= 0.6 is 0 Å². The van der Waals surface area contributed by atoms with E-state index in [9.17, 15) is 4.79 Å². The first-order chi connectivity index (χ1) is 6.68. The number of carbonyl (C=O) groups excluding carboxylic acids is 1. The van der Waals surface area contributed by atoms with E-state index in [1.807, 2.05) is 0 Å². The van der Waals surface area contributed by atoms with Crippen LogP contribution in [-0.4, -0.2) is 17.4 Å². The minimum Gasteiger partial charge on any atom is -0.316 e. The van der Waals surface area contributed by atoms with E-state index in [1.54, 1.807) is 5.57 Å². The molecule has 0 aromatic heterocycles. The highest BCUT2D eigenvalue weighted by atomic mass is 16.2. The number of carbonyl (C=O) groups is 1. The fourth-order valence-electron chi connectivity index (χ4n) is 2.51. The summed E-state index contributed by atoms with van der Waals surface area (Å²) in [6.07, 6.45) is 5.39. The van der Waals surface area contributed by atoms with Gasteiger partial charge >= 0.3 is 0 Å². The highest BCUT2D eigenvalue weighted by molar-refractivity contribution is 5.80. The molecule has 2 rings (SSSR count). The van der Waals surface area contributed by atoms with Crippen molar-refractivity contribution >= 4 is 5.91 Å². The van der Waals surface area contributed by atoms with Gasteiger partial charge in [-0.15, -0.1) is 0 Å². The number of hydrogen-bond acceptors (Lipinski definition) is 1. The lowest BCUT2D eigenvalue weighted by atomic mass is 10.0. The van der Waals surface area contributed by atoms with Gasteiger partial charge in [0.05, 0.1) is 0 Å². The lowest BCUT2D eigenvalue weighted by Gasteiger charge is -2.30. The monoisotopic (exact) mass is 193 g/mol. The largest absolute Gasteiger partial charge is 0.316 e. The number of nitrogens with zero attached hydrogens (tertiary/aromatic N) is 1. The summed E-state index contributed by atoms with van der Waals surface area (Å²) in [5, 5.41) is 0. The maximum atomic E-state index is 11.8. The standard InChI is InChI=1S/C12H19NO/c1-9(2)8-13-11-5-3-4-10(11)6-7-12(13)14/h9H,3-8H2,1-2H3. The van der Waals surface area contributed by atoms with Crippen molar-refractivity contribution in [2.45, 2.75) is 46.0 Å². The molecule has 0 atom stereocenters. The van der Waals surface area contributed by atoms with Gasteiger partial charge in [-0.25, -0.2) is 0 Å². The van der Waals surface area contributed by atoms with E-state index in [0.29, 0.717) is 11.8 Å². The summed E-state index contributed by atoms with van der Waals surface area (Å²) in [5.41, 5.74) is 2.93. The maximum absolute atomic E-state index is 11.8. The second-order valence-corrected chi connectivity index (χ2v) is 4.80. The first-order valence-electron chi connectivity index (χ1n) is 5.69. The van der Waals surface area contributed by atoms with Gasteiger partial charge in [0.1, 0.15) is 0 Å². The Morgan fingerprint density at radius 2 is 2.00 bits per heavy atom. The fourth-order valence-corrected chi connectivity index (χ4v) is 2.51. The molecule has 2 nitrogen and oxygen atoms in total. The minimum absolute atomic E-state index is 0.347. The van der Waals surface area contributed by atoms with Crippen LogP contribution < -0.4 is 0 Å². The van der Waals surface area contributed by atoms with Crippen LogP contribution in [0.25, 0.3) is 0 Å². The Morgan fingerprint density at radius 1 is 1.21 bits per heavy atom. The summed E-state index contributed by atoms with van der Waals surface area (Å²) in [4.78, 5) is 13.8. The molecule has 14 heavy (non-hydrogen) atoms. The average Bonchev–Trinajstić information content (AvgIpc) is 2.57. The van der Waals surface area contributed by atoms with Crippen molar-refractivity contribution in [3.63, 3.8) is 0 Å². The van der Waals surface area contributed by atoms with E-state index in [0.717, 1.165) is 25.8 Å². The predicted octanol–water partition coefficient (Wildman–Crippen LogP) is 2.70. The van der Waals surface area contributed by atoms with Gasteiger partial charge in [0, 0.05) is 18.7 Å². The second kappa shape index (κ2) is 3.76. The lowest BCUT2D eigenvalue weighted by molar-refractivity contribution is -0.130. The molecule has 2 aliphatic rings. The third kappa shape index (κ3) is 1.70. The number of amides is 1. The number of allylic oxidation sites excluding steroid dienone is 2. The summed E-state index contributed by atoms with van der Waals surface area (Å²) in [7, 11) is 0. The van der Waals surface area contributed by atoms with Gasteiger partial charge in [-0.05, 0) is 31.6 Å². The van der Waals surface area contributed by atoms with Crippen LogP contribution in [0.3, 0.4) is 0 Å². The third-order valence-corrected chi connectivity index (χ3v) is 3.12. The van der Waals surface area contributed by atoms with Crippen LogP contribution in [0.15, 0.2) is 11.3 Å². The predicted molar refractivity (Wildman–Crippen MR) is 56.7 cm³/mol. The zero-order chi connectivity index (χ0) is 10.1. The molecule has 1 heterocycles. The molecule has 0 saturated carbocycles. The topological polar surface area (TPSA) is 20.3 Å². The van der Waals surface area contributed by atoms with E-state index < -0.39 is 0 Å². The van der Waals surface area contributed by atoms with Gasteiger partial charge in [0.25, 0.3) is 0 Å². The molecule has 0 radical (unpaired) electrons. The smallest absolute Gasteiger partial charge is 0.227 e. The van der Waals surface area contributed by atoms with Crippen molar-refractivity contribution in [2.24, 2.45) is 5.92 Å². The molecule has 2 heteroatoms. The zero-order valence-corrected chi connectivity index (χ0v) is 9.18. The summed E-state index contributed by atoms with van der Waals surface area (Å²) >= 11 is 0. The van der Waals surface area contributed by atoms with Gasteiger partial charge in [0.15, 0.2) is 0 Å². The SMILES string of the molecule is CC(C)CN1C(=O)CCC2=C1CCC2. The molecular weight excluding hydrogens is 174 g/mol. The minimum atomic E-state index is 0.347. The van der Waals surface area contributed by atoms with E-state index in [4.69, 9.17) is 0 Å². The molecule has 0 unspecified atom stereocenters. The molecule has 1 amide bonds. The highest BCUT2D eigenvalue weighted by Gasteiger charge is 2.29. The maximum Gasteiger partial charge on any atom is 0.227 e. The van der Waals surface area contributed by atoms with E-state index >= 15 is 0 Å². The first kappa shape index (κ1) is 9.75. The van der Waals surface area contributed by atoms with Crippen LogP contribution in [0, 0.1) is 5.92 Å². The van der Waals surface area contributed by atoms with Gasteiger partial charge in [-0.3, -0.25) is 4.79 Å². The molecular formula is C12H19NO. The normalized spacial score (nSPS) is 22.2. The van der Waals surface area contributed by atoms with Crippen LogP contribution in [0.1, 0.15) is 46.0 Å². The van der Waals surface area contributed by atoms with Gasteiger partial charge in [0.2, 0.25) is 5.91 Å². The molecule has 0 bridgehead atoms. The Bertz CT molecular complexity index is 278. The summed E-state index contributed by atoms with van der Waals surface area (Å²) in [5.74, 6) is 0.922. The van der Waals surface area contributed by atoms with Crippen molar-refractivity contribution in [1.82, 2.24) is 4.90 Å². The van der Waals surface area contributed by atoms with Crippen molar-refractivity contribution in [2.75, 3.05) is 6.54 Å². The number of hydrogen-bond donors (Lipinski definition) is 0. The molecule has 1 aliphatic heterocycles. The number of rotatable bonds is 2. The van der Waals surface area contributed by atoms with Crippen LogP contribution in [-0.2, 0) is 4.79 Å². The quantitative estimate of drug-likeness (QED) is 0.660. The Kier molecular flexibility index (Phi) is 2.62. The third-order valence-electron chi connectivity index (χ3n) is 3.12. The van der Waals surface area contributed by atoms with Crippen molar-refractivity contribution in [3.05, 3.63) is 11.3 Å². The molecule has 0 N–H and O–H groups in total. The Morgan fingerprint density at radius 3 is 2.71 bits per heavy atom. The molecule has 0 spiro atoms. The molecule has 1 aliphatic carbocycles. The van der Waals surface area contributed by atoms with Gasteiger partial charge < -0.3 is 4.90 Å². The van der Waals surface area contributed by atoms with Crippen molar-refractivity contribution < 1.29 is 4.79 Å². The highest BCUT2D eigenvalue weighted by Crippen LogP contribution is 2.35. The van der Waals surface area contributed by atoms with Gasteiger partial charge in [-0.2, -0.15) is 0 Å².